The van der Waals surface area contributed by atoms with Crippen LogP contribution in [0, 0.1) is 60.2 Å². The smallest absolute Gasteiger partial charge is 0.316 e. The van der Waals surface area contributed by atoms with Crippen molar-refractivity contribution in [3.8, 4) is 0 Å². The molecule has 0 aromatic carbocycles. The first-order valence-electron chi connectivity index (χ1n) is 4.79. The van der Waals surface area contributed by atoms with Crippen molar-refractivity contribution < 1.29 is 68.9 Å². The molecular formula is C11H18EuO4. The molecule has 0 aromatic rings. The van der Waals surface area contributed by atoms with Gasteiger partial charge in [-0.3, -0.25) is 14.4 Å². The van der Waals surface area contributed by atoms with Crippen LogP contribution in [-0.4, -0.2) is 22.6 Å². The van der Waals surface area contributed by atoms with Crippen LogP contribution in [0.3, 0.4) is 0 Å². The van der Waals surface area contributed by atoms with E-state index < -0.39 is 22.6 Å². The van der Waals surface area contributed by atoms with E-state index >= 15 is 0 Å². The fourth-order valence-corrected chi connectivity index (χ4v) is 0.751. The number of ketones is 2. The van der Waals surface area contributed by atoms with E-state index in [0.717, 1.165) is 0 Å². The van der Waals surface area contributed by atoms with E-state index in [2.05, 4.69) is 0 Å². The number of hydrogen-bond donors (Lipinski definition) is 1. The molecule has 0 amide bonds. The summed E-state index contributed by atoms with van der Waals surface area (Å²) < 4.78 is 0. The number of rotatable bonds is 4. The Kier molecular flexibility index (Phi) is 7.45. The van der Waals surface area contributed by atoms with Crippen molar-refractivity contribution in [2.24, 2.45) is 10.8 Å². The maximum atomic E-state index is 11.6. The molecule has 1 radical (unpaired) electrons. The summed E-state index contributed by atoms with van der Waals surface area (Å²) in [5.74, 6) is -1.98. The van der Waals surface area contributed by atoms with Gasteiger partial charge in [0.05, 0.1) is 6.42 Å². The third kappa shape index (κ3) is 5.15. The van der Waals surface area contributed by atoms with Gasteiger partial charge >= 0.3 is 5.97 Å². The minimum absolute atomic E-state index is 0. The summed E-state index contributed by atoms with van der Waals surface area (Å²) >= 11 is 0. The summed E-state index contributed by atoms with van der Waals surface area (Å²) in [6.07, 6.45) is -0.317. The SMILES string of the molecule is CC(C)(C)C(=O)CC(=O)C(C)(C)C(=O)O.[Eu]. The van der Waals surface area contributed by atoms with Crippen LogP contribution in [0.5, 0.6) is 0 Å². The molecule has 4 nitrogen and oxygen atoms in total. The largest absolute Gasteiger partial charge is 0.481 e. The second-order valence-corrected chi connectivity index (χ2v) is 5.20. The van der Waals surface area contributed by atoms with E-state index in [4.69, 9.17) is 5.11 Å². The quantitative estimate of drug-likeness (QED) is 0.769. The minimum atomic E-state index is -1.49. The second-order valence-electron chi connectivity index (χ2n) is 5.20. The Morgan fingerprint density at radius 2 is 1.31 bits per heavy atom. The van der Waals surface area contributed by atoms with E-state index in [9.17, 15) is 14.4 Å². The van der Waals surface area contributed by atoms with Crippen LogP contribution < -0.4 is 0 Å². The molecule has 0 saturated carbocycles. The van der Waals surface area contributed by atoms with Gasteiger partial charge in [-0.2, -0.15) is 0 Å². The zero-order valence-electron chi connectivity index (χ0n) is 10.3. The minimum Gasteiger partial charge on any atom is -0.481 e. The molecule has 16 heavy (non-hydrogen) atoms. The fraction of sp³-hybridized carbons (Fsp3) is 0.727. The Morgan fingerprint density at radius 3 is 1.56 bits per heavy atom. The monoisotopic (exact) mass is 367 g/mol. The molecule has 0 aromatic heterocycles. The van der Waals surface area contributed by atoms with Gasteiger partial charge < -0.3 is 5.11 Å². The first-order chi connectivity index (χ1) is 6.49. The van der Waals surface area contributed by atoms with Crippen molar-refractivity contribution in [3.63, 3.8) is 0 Å². The van der Waals surface area contributed by atoms with E-state index in [-0.39, 0.29) is 61.6 Å². The van der Waals surface area contributed by atoms with E-state index in [1.54, 1.807) is 20.8 Å². The molecule has 0 saturated heterocycles. The molecule has 0 unspecified atom stereocenters. The van der Waals surface area contributed by atoms with Gasteiger partial charge in [0, 0.05) is 54.8 Å². The molecule has 0 rings (SSSR count). The molecular weight excluding hydrogens is 348 g/mol. The van der Waals surface area contributed by atoms with Crippen LogP contribution in [-0.2, 0) is 14.4 Å². The van der Waals surface area contributed by atoms with Gasteiger partial charge in [0.25, 0.3) is 0 Å². The first-order valence-corrected chi connectivity index (χ1v) is 4.79. The number of carboxylic acids is 1. The average molecular weight is 366 g/mol. The summed E-state index contributed by atoms with van der Waals surface area (Å²) in [5.41, 5.74) is -2.09. The van der Waals surface area contributed by atoms with Gasteiger partial charge in [0.2, 0.25) is 0 Å². The average Bonchev–Trinajstić information content (AvgIpc) is 2.01. The van der Waals surface area contributed by atoms with Crippen LogP contribution in [0.4, 0.5) is 0 Å². The Labute approximate surface area is 137 Å². The number of carboxylic acid groups (broad SMARTS) is 1. The number of aliphatic carboxylic acids is 1. The molecule has 0 aliphatic rings. The Morgan fingerprint density at radius 1 is 0.938 bits per heavy atom. The second kappa shape index (κ2) is 6.36. The molecule has 1 N–H and O–H groups in total. The van der Waals surface area contributed by atoms with Crippen molar-refractivity contribution in [2.45, 2.75) is 41.0 Å². The van der Waals surface area contributed by atoms with E-state index in [1.165, 1.54) is 13.8 Å². The van der Waals surface area contributed by atoms with Gasteiger partial charge in [0.1, 0.15) is 11.2 Å². The van der Waals surface area contributed by atoms with Crippen LogP contribution in [0.15, 0.2) is 0 Å². The van der Waals surface area contributed by atoms with Gasteiger partial charge in [0.15, 0.2) is 5.78 Å². The van der Waals surface area contributed by atoms with E-state index in [1.807, 2.05) is 0 Å². The molecule has 0 atom stereocenters. The Hall–Kier alpha value is 0.394. The molecule has 0 heterocycles. The van der Waals surface area contributed by atoms with Crippen molar-refractivity contribution in [2.75, 3.05) is 0 Å². The number of Topliss-reactive ketones (excluding diaryl/α,β-unsaturated/α-hetero) is 2. The third-order valence-corrected chi connectivity index (χ3v) is 2.39. The van der Waals surface area contributed by atoms with E-state index in [0.29, 0.717) is 0 Å². The third-order valence-electron chi connectivity index (χ3n) is 2.39. The maximum Gasteiger partial charge on any atom is 0.316 e. The molecule has 0 aliphatic carbocycles. The summed E-state index contributed by atoms with van der Waals surface area (Å²) in [7, 11) is 0. The van der Waals surface area contributed by atoms with Crippen molar-refractivity contribution in [1.29, 1.82) is 0 Å². The number of carbonyl (C=O) groups is 3. The summed E-state index contributed by atoms with van der Waals surface area (Å²) in [6.45, 7) is 7.74. The number of carbonyl (C=O) groups excluding carboxylic acids is 2. The van der Waals surface area contributed by atoms with Gasteiger partial charge in [-0.1, -0.05) is 20.8 Å². The normalized spacial score (nSPS) is 11.6. The van der Waals surface area contributed by atoms with Crippen LogP contribution >= 0.6 is 0 Å². The van der Waals surface area contributed by atoms with Crippen LogP contribution in [0.2, 0.25) is 0 Å². The zero-order chi connectivity index (χ0) is 12.4. The molecule has 5 heteroatoms. The zero-order valence-corrected chi connectivity index (χ0v) is 12.7. The Balaban J connectivity index is 0. The summed E-state index contributed by atoms with van der Waals surface area (Å²) in [5, 5.41) is 8.80. The fourth-order valence-electron chi connectivity index (χ4n) is 0.751. The maximum absolute atomic E-state index is 11.6. The molecule has 0 spiro atoms. The van der Waals surface area contributed by atoms with Crippen molar-refractivity contribution in [1.82, 2.24) is 0 Å². The van der Waals surface area contributed by atoms with Crippen molar-refractivity contribution in [3.05, 3.63) is 0 Å². The topological polar surface area (TPSA) is 71.4 Å². The summed E-state index contributed by atoms with van der Waals surface area (Å²) in [4.78, 5) is 33.9. The van der Waals surface area contributed by atoms with Gasteiger partial charge in [-0.05, 0) is 13.8 Å². The molecule has 0 fully saturated rings. The summed E-state index contributed by atoms with van der Waals surface area (Å²) in [6, 6.07) is 0. The van der Waals surface area contributed by atoms with Gasteiger partial charge in [-0.15, -0.1) is 0 Å². The predicted molar refractivity (Wildman–Crippen MR) is 55.5 cm³/mol. The van der Waals surface area contributed by atoms with Crippen LogP contribution in [0.1, 0.15) is 41.0 Å². The Bertz CT molecular complexity index is 300. The number of hydrogen-bond acceptors (Lipinski definition) is 3. The van der Waals surface area contributed by atoms with Crippen LogP contribution in [0.25, 0.3) is 0 Å². The van der Waals surface area contributed by atoms with Gasteiger partial charge in [-0.25, -0.2) is 0 Å². The molecule has 0 aliphatic heterocycles. The van der Waals surface area contributed by atoms with Crippen molar-refractivity contribution >= 4 is 17.5 Å². The standard InChI is InChI=1S/C11H18O4.Eu/c1-10(2,3)7(12)6-8(13)11(4,5)9(14)15;/h6H2,1-5H3,(H,14,15);. The predicted octanol–water partition coefficient (Wildman–Crippen LogP) is 1.67. The molecule has 93 valence electrons. The first kappa shape index (κ1) is 18.8. The molecule has 0 bridgehead atoms.